The van der Waals surface area contributed by atoms with Gasteiger partial charge in [0.15, 0.2) is 6.10 Å². The molecule has 2 N–H and O–H groups in total. The van der Waals surface area contributed by atoms with Crippen LogP contribution in [0.2, 0.25) is 0 Å². The van der Waals surface area contributed by atoms with Crippen LogP contribution < -0.4 is 15.4 Å². The van der Waals surface area contributed by atoms with E-state index < -0.39 is 17.8 Å². The molecular formula is C18H14BrFN2O3. The van der Waals surface area contributed by atoms with Crippen LogP contribution in [0.5, 0.6) is 5.75 Å². The van der Waals surface area contributed by atoms with Crippen molar-refractivity contribution in [1.82, 2.24) is 0 Å². The number of rotatable bonds is 3. The Labute approximate surface area is 152 Å². The first kappa shape index (κ1) is 17.2. The lowest BCUT2D eigenvalue weighted by Crippen LogP contribution is -2.34. The van der Waals surface area contributed by atoms with Crippen LogP contribution in [-0.2, 0) is 9.59 Å². The molecule has 1 atom stereocenters. The molecule has 2 amide bonds. The smallest absolute Gasteiger partial charge is 0.265 e. The van der Waals surface area contributed by atoms with Gasteiger partial charge in [-0.1, -0.05) is 15.9 Å². The summed E-state index contributed by atoms with van der Waals surface area (Å²) >= 11 is 3.25. The number of carbonyl (C=O) groups excluding carboxylic acids is 2. The van der Waals surface area contributed by atoms with Crippen molar-refractivity contribution in [3.05, 3.63) is 58.3 Å². The summed E-state index contributed by atoms with van der Waals surface area (Å²) in [5.41, 5.74) is 1.27. The van der Waals surface area contributed by atoms with E-state index in [2.05, 4.69) is 26.6 Å². The highest BCUT2D eigenvalue weighted by atomic mass is 79.9. The normalized spacial score (nSPS) is 16.1. The highest BCUT2D eigenvalue weighted by molar-refractivity contribution is 9.10. The molecule has 1 aliphatic rings. The van der Waals surface area contributed by atoms with Crippen LogP contribution in [0.25, 0.3) is 6.08 Å². The Morgan fingerprint density at radius 2 is 2.12 bits per heavy atom. The van der Waals surface area contributed by atoms with E-state index in [1.54, 1.807) is 37.3 Å². The zero-order valence-electron chi connectivity index (χ0n) is 13.2. The van der Waals surface area contributed by atoms with E-state index in [1.165, 1.54) is 18.2 Å². The summed E-state index contributed by atoms with van der Waals surface area (Å²) in [5.74, 6) is -0.552. The molecular weight excluding hydrogens is 391 g/mol. The van der Waals surface area contributed by atoms with E-state index in [-0.39, 0.29) is 5.91 Å². The van der Waals surface area contributed by atoms with Crippen molar-refractivity contribution in [2.75, 3.05) is 10.6 Å². The van der Waals surface area contributed by atoms with E-state index in [4.69, 9.17) is 4.74 Å². The van der Waals surface area contributed by atoms with Crippen molar-refractivity contribution < 1.29 is 18.7 Å². The van der Waals surface area contributed by atoms with Gasteiger partial charge in [-0.3, -0.25) is 9.59 Å². The van der Waals surface area contributed by atoms with Gasteiger partial charge in [0.05, 0.1) is 5.69 Å². The summed E-state index contributed by atoms with van der Waals surface area (Å²) in [6.45, 7) is 1.65. The molecule has 0 saturated carbocycles. The first-order chi connectivity index (χ1) is 11.9. The van der Waals surface area contributed by atoms with Crippen LogP contribution in [0.1, 0.15) is 12.5 Å². The van der Waals surface area contributed by atoms with Crippen molar-refractivity contribution in [3.8, 4) is 5.75 Å². The quantitative estimate of drug-likeness (QED) is 0.760. The molecule has 1 heterocycles. The summed E-state index contributed by atoms with van der Waals surface area (Å²) < 4.78 is 19.8. The molecule has 0 aliphatic carbocycles. The Kier molecular flexibility index (Phi) is 4.85. The number of halogens is 2. The van der Waals surface area contributed by atoms with Crippen LogP contribution >= 0.6 is 15.9 Å². The van der Waals surface area contributed by atoms with E-state index in [1.807, 2.05) is 0 Å². The van der Waals surface area contributed by atoms with Gasteiger partial charge >= 0.3 is 0 Å². The molecule has 3 rings (SSSR count). The van der Waals surface area contributed by atoms with Gasteiger partial charge in [0.2, 0.25) is 5.91 Å². The maximum absolute atomic E-state index is 13.6. The van der Waals surface area contributed by atoms with Gasteiger partial charge in [-0.25, -0.2) is 4.39 Å². The molecule has 7 heteroatoms. The number of anilines is 2. The van der Waals surface area contributed by atoms with Crippen molar-refractivity contribution in [2.45, 2.75) is 13.0 Å². The minimum Gasteiger partial charge on any atom is -0.479 e. The third kappa shape index (κ3) is 4.06. The summed E-state index contributed by atoms with van der Waals surface area (Å²) in [6, 6.07) is 9.40. The second-order valence-electron chi connectivity index (χ2n) is 5.45. The fraction of sp³-hybridized carbons (Fsp3) is 0.111. The first-order valence-corrected chi connectivity index (χ1v) is 8.27. The van der Waals surface area contributed by atoms with Crippen molar-refractivity contribution in [2.24, 2.45) is 0 Å². The third-order valence-corrected chi connectivity index (χ3v) is 4.04. The number of hydrogen-bond acceptors (Lipinski definition) is 3. The Bertz CT molecular complexity index is 883. The highest BCUT2D eigenvalue weighted by Crippen LogP contribution is 2.32. The van der Waals surface area contributed by atoms with Crippen molar-refractivity contribution in [3.63, 3.8) is 0 Å². The molecule has 0 radical (unpaired) electrons. The average Bonchev–Trinajstić information content (AvgIpc) is 2.57. The van der Waals surface area contributed by atoms with Gasteiger partial charge < -0.3 is 15.4 Å². The molecule has 0 bridgehead atoms. The molecule has 0 saturated heterocycles. The molecule has 0 spiro atoms. The van der Waals surface area contributed by atoms with Gasteiger partial charge in [0.25, 0.3) is 5.91 Å². The monoisotopic (exact) mass is 404 g/mol. The maximum Gasteiger partial charge on any atom is 0.265 e. The number of nitrogens with one attached hydrogen (secondary N) is 2. The summed E-state index contributed by atoms with van der Waals surface area (Å²) in [5, 5.41) is 5.36. The topological polar surface area (TPSA) is 67.4 Å². The Hall–Kier alpha value is -2.67. The molecule has 2 aromatic rings. The minimum atomic E-state index is -0.559. The standard InChI is InChI=1S/C18H14BrFN2O3/c1-10-18(24)22-15-9-13(4-6-16(15)25-10)21-17(23)7-2-11-8-12(19)3-5-14(11)20/h2-10H,1H3,(H,21,23)(H,22,24)/b7-2+. The fourth-order valence-corrected chi connectivity index (χ4v) is 2.66. The number of ether oxygens (including phenoxy) is 1. The number of hydrogen-bond donors (Lipinski definition) is 2. The molecule has 5 nitrogen and oxygen atoms in total. The Morgan fingerprint density at radius 3 is 2.92 bits per heavy atom. The molecule has 0 fully saturated rings. The lowest BCUT2D eigenvalue weighted by Gasteiger charge is -2.23. The second kappa shape index (κ2) is 7.06. The largest absolute Gasteiger partial charge is 0.479 e. The molecule has 0 aromatic heterocycles. The fourth-order valence-electron chi connectivity index (χ4n) is 2.28. The van der Waals surface area contributed by atoms with Gasteiger partial charge in [0.1, 0.15) is 11.6 Å². The molecule has 1 unspecified atom stereocenters. The number of fused-ring (bicyclic) bond motifs is 1. The average molecular weight is 405 g/mol. The lowest BCUT2D eigenvalue weighted by atomic mass is 10.2. The minimum absolute atomic E-state index is 0.249. The molecule has 2 aromatic carbocycles. The number of carbonyl (C=O) groups is 2. The third-order valence-electron chi connectivity index (χ3n) is 3.55. The van der Waals surface area contributed by atoms with Gasteiger partial charge in [-0.05, 0) is 49.4 Å². The van der Waals surface area contributed by atoms with E-state index in [9.17, 15) is 14.0 Å². The lowest BCUT2D eigenvalue weighted by molar-refractivity contribution is -0.122. The zero-order valence-corrected chi connectivity index (χ0v) is 14.8. The molecule has 1 aliphatic heterocycles. The molecule has 25 heavy (non-hydrogen) atoms. The van der Waals surface area contributed by atoms with Crippen LogP contribution in [0.3, 0.4) is 0 Å². The predicted molar refractivity (Wildman–Crippen MR) is 96.9 cm³/mol. The predicted octanol–water partition coefficient (Wildman–Crippen LogP) is 3.96. The van der Waals surface area contributed by atoms with Gasteiger partial charge in [-0.2, -0.15) is 0 Å². The van der Waals surface area contributed by atoms with Crippen molar-refractivity contribution in [1.29, 1.82) is 0 Å². The van der Waals surface area contributed by atoms with Crippen molar-refractivity contribution >= 4 is 45.2 Å². The summed E-state index contributed by atoms with van der Waals surface area (Å²) in [4.78, 5) is 23.7. The van der Waals surface area contributed by atoms with Crippen LogP contribution in [-0.4, -0.2) is 17.9 Å². The zero-order chi connectivity index (χ0) is 18.0. The van der Waals surface area contributed by atoms with Crippen LogP contribution in [0.4, 0.5) is 15.8 Å². The van der Waals surface area contributed by atoms with Gasteiger partial charge in [-0.15, -0.1) is 0 Å². The Morgan fingerprint density at radius 1 is 1.32 bits per heavy atom. The maximum atomic E-state index is 13.6. The van der Waals surface area contributed by atoms with Crippen LogP contribution in [0.15, 0.2) is 46.9 Å². The summed E-state index contributed by atoms with van der Waals surface area (Å²) in [7, 11) is 0. The van der Waals surface area contributed by atoms with Crippen LogP contribution in [0, 0.1) is 5.82 Å². The van der Waals surface area contributed by atoms with E-state index >= 15 is 0 Å². The Balaban J connectivity index is 1.71. The molecule has 128 valence electrons. The van der Waals surface area contributed by atoms with E-state index in [0.29, 0.717) is 27.2 Å². The highest BCUT2D eigenvalue weighted by Gasteiger charge is 2.23. The summed E-state index contributed by atoms with van der Waals surface area (Å²) in [6.07, 6.45) is 2.07. The SMILES string of the molecule is CC1Oc2ccc(NC(=O)/C=C/c3cc(Br)ccc3F)cc2NC1=O. The first-order valence-electron chi connectivity index (χ1n) is 7.48. The number of amides is 2. The van der Waals surface area contributed by atoms with Gasteiger partial charge in [0, 0.05) is 21.8 Å². The number of benzene rings is 2. The second-order valence-corrected chi connectivity index (χ2v) is 6.36. The van der Waals surface area contributed by atoms with E-state index in [0.717, 1.165) is 0 Å².